The van der Waals surface area contributed by atoms with Gasteiger partial charge >= 0.3 is 11.9 Å². The van der Waals surface area contributed by atoms with Crippen molar-refractivity contribution in [3.8, 4) is 0 Å². The molecule has 13 heteroatoms. The van der Waals surface area contributed by atoms with Crippen molar-refractivity contribution in [2.75, 3.05) is 0 Å². The quantitative estimate of drug-likeness (QED) is 0.164. The van der Waals surface area contributed by atoms with Crippen LogP contribution in [0.4, 0.5) is 0 Å². The van der Waals surface area contributed by atoms with Gasteiger partial charge in [-0.05, 0) is 18.3 Å². The van der Waals surface area contributed by atoms with Crippen molar-refractivity contribution in [1.82, 2.24) is 25.9 Å². The minimum Gasteiger partial charge on any atom is -0.481 e. The number of imidazole rings is 1. The van der Waals surface area contributed by atoms with Crippen LogP contribution in [-0.4, -0.2) is 74.0 Å². The molecule has 1 aromatic rings. The number of nitrogens with two attached hydrogens (primary N) is 1. The molecule has 0 aliphatic heterocycles. The first-order valence-corrected chi connectivity index (χ1v) is 11.4. The molecule has 3 amide bonds. The summed E-state index contributed by atoms with van der Waals surface area (Å²) in [5, 5.41) is 25.5. The lowest BCUT2D eigenvalue weighted by Gasteiger charge is -2.26. The largest absolute Gasteiger partial charge is 0.481 e. The fourth-order valence-electron chi connectivity index (χ4n) is 3.23. The van der Waals surface area contributed by atoms with Crippen LogP contribution < -0.4 is 21.7 Å². The molecule has 5 unspecified atom stereocenters. The standard InChI is InChI=1S/C22H36N6O7/c1-5-12(4)18(23)21(33)27-15(7-13-9-24-10-25-13)20(32)26-14(6-11(2)3)19(31)28-16(22(34)35)8-17(29)30/h9-12,14-16,18H,5-8,23H2,1-4H3,(H,24,25)(H,26,32)(H,27,33)(H,28,31)(H,29,30)(H,34,35). The Morgan fingerprint density at radius 1 is 0.971 bits per heavy atom. The second-order valence-corrected chi connectivity index (χ2v) is 8.94. The zero-order valence-corrected chi connectivity index (χ0v) is 20.4. The average molecular weight is 497 g/mol. The Kier molecular flexibility index (Phi) is 11.9. The Morgan fingerprint density at radius 3 is 2.03 bits per heavy atom. The predicted molar refractivity (Wildman–Crippen MR) is 125 cm³/mol. The number of hydrogen-bond acceptors (Lipinski definition) is 7. The molecule has 1 heterocycles. The lowest BCUT2D eigenvalue weighted by Crippen LogP contribution is -2.58. The van der Waals surface area contributed by atoms with Gasteiger partial charge in [0.05, 0.1) is 18.8 Å². The normalized spacial score (nSPS) is 15.4. The van der Waals surface area contributed by atoms with E-state index in [4.69, 9.17) is 10.8 Å². The summed E-state index contributed by atoms with van der Waals surface area (Å²) in [6.07, 6.45) is 2.92. The number of amides is 3. The number of nitrogens with one attached hydrogen (secondary N) is 4. The van der Waals surface area contributed by atoms with Crippen molar-refractivity contribution in [1.29, 1.82) is 0 Å². The number of H-pyrrole nitrogens is 1. The molecule has 196 valence electrons. The SMILES string of the molecule is CCC(C)C(N)C(=O)NC(Cc1cnc[nH]1)C(=O)NC(CC(C)C)C(=O)NC(CC(=O)O)C(=O)O. The monoisotopic (exact) mass is 496 g/mol. The van der Waals surface area contributed by atoms with E-state index >= 15 is 0 Å². The molecular weight excluding hydrogens is 460 g/mol. The third-order valence-corrected chi connectivity index (χ3v) is 5.51. The van der Waals surface area contributed by atoms with Crippen LogP contribution in [0.5, 0.6) is 0 Å². The molecule has 0 radical (unpaired) electrons. The summed E-state index contributed by atoms with van der Waals surface area (Å²) in [4.78, 5) is 67.7. The van der Waals surface area contributed by atoms with E-state index in [9.17, 15) is 29.1 Å². The number of hydrogen-bond donors (Lipinski definition) is 7. The second-order valence-electron chi connectivity index (χ2n) is 8.94. The number of carboxylic acid groups (broad SMARTS) is 2. The molecule has 0 saturated carbocycles. The third-order valence-electron chi connectivity index (χ3n) is 5.51. The number of carbonyl (C=O) groups is 5. The van der Waals surface area contributed by atoms with E-state index in [-0.39, 0.29) is 24.7 Å². The molecule has 1 rings (SSSR count). The zero-order chi connectivity index (χ0) is 26.7. The van der Waals surface area contributed by atoms with Crippen molar-refractivity contribution < 1.29 is 34.2 Å². The van der Waals surface area contributed by atoms with Crippen LogP contribution in [0.3, 0.4) is 0 Å². The minimum absolute atomic E-state index is 0.0393. The third kappa shape index (κ3) is 10.1. The van der Waals surface area contributed by atoms with Crippen LogP contribution in [0.25, 0.3) is 0 Å². The molecule has 35 heavy (non-hydrogen) atoms. The summed E-state index contributed by atoms with van der Waals surface area (Å²) in [6, 6.07) is -4.78. The molecule has 0 fully saturated rings. The molecule has 0 aliphatic rings. The first kappa shape index (κ1) is 29.6. The van der Waals surface area contributed by atoms with E-state index in [0.717, 1.165) is 0 Å². The summed E-state index contributed by atoms with van der Waals surface area (Å²) in [5.74, 6) is -5.18. The molecule has 0 aliphatic carbocycles. The van der Waals surface area contributed by atoms with Gasteiger partial charge in [0.2, 0.25) is 17.7 Å². The minimum atomic E-state index is -1.67. The lowest BCUT2D eigenvalue weighted by atomic mass is 9.98. The molecule has 5 atom stereocenters. The maximum atomic E-state index is 13.2. The topological polar surface area (TPSA) is 217 Å². The van der Waals surface area contributed by atoms with E-state index in [1.165, 1.54) is 12.5 Å². The molecule has 8 N–H and O–H groups in total. The molecule has 0 bridgehead atoms. The smallest absolute Gasteiger partial charge is 0.326 e. The fourth-order valence-corrected chi connectivity index (χ4v) is 3.23. The van der Waals surface area contributed by atoms with Crippen molar-refractivity contribution in [2.24, 2.45) is 17.6 Å². The van der Waals surface area contributed by atoms with Crippen molar-refractivity contribution in [3.63, 3.8) is 0 Å². The van der Waals surface area contributed by atoms with Crippen LogP contribution in [-0.2, 0) is 30.4 Å². The van der Waals surface area contributed by atoms with Gasteiger partial charge in [0.1, 0.15) is 18.1 Å². The Labute approximate surface area is 203 Å². The first-order chi connectivity index (χ1) is 16.3. The van der Waals surface area contributed by atoms with Crippen LogP contribution in [0.1, 0.15) is 52.7 Å². The van der Waals surface area contributed by atoms with Crippen LogP contribution in [0.2, 0.25) is 0 Å². The first-order valence-electron chi connectivity index (χ1n) is 11.4. The van der Waals surface area contributed by atoms with E-state index in [1.807, 2.05) is 13.8 Å². The van der Waals surface area contributed by atoms with Gasteiger partial charge in [0.25, 0.3) is 0 Å². The molecular formula is C22H36N6O7. The predicted octanol–water partition coefficient (Wildman–Crippen LogP) is -0.615. The van der Waals surface area contributed by atoms with Gasteiger partial charge in [-0.25, -0.2) is 9.78 Å². The van der Waals surface area contributed by atoms with Crippen molar-refractivity contribution in [2.45, 2.75) is 77.5 Å². The van der Waals surface area contributed by atoms with E-state index in [1.54, 1.807) is 13.8 Å². The van der Waals surface area contributed by atoms with Crippen molar-refractivity contribution in [3.05, 3.63) is 18.2 Å². The Hall–Kier alpha value is -3.48. The van der Waals surface area contributed by atoms with E-state index in [2.05, 4.69) is 25.9 Å². The summed E-state index contributed by atoms with van der Waals surface area (Å²) in [6.45, 7) is 7.30. The molecule has 13 nitrogen and oxygen atoms in total. The molecule has 0 saturated heterocycles. The number of carboxylic acids is 2. The van der Waals surface area contributed by atoms with E-state index in [0.29, 0.717) is 12.1 Å². The number of nitrogens with zero attached hydrogens (tertiary/aromatic N) is 1. The van der Waals surface area contributed by atoms with Crippen LogP contribution in [0, 0.1) is 11.8 Å². The number of carbonyl (C=O) groups excluding carboxylic acids is 3. The van der Waals surface area contributed by atoms with Gasteiger partial charge in [-0.2, -0.15) is 0 Å². The number of rotatable bonds is 15. The van der Waals surface area contributed by atoms with Crippen molar-refractivity contribution >= 4 is 29.7 Å². The number of aliphatic carboxylic acids is 2. The highest BCUT2D eigenvalue weighted by Crippen LogP contribution is 2.09. The molecule has 0 spiro atoms. The average Bonchev–Trinajstić information content (AvgIpc) is 3.28. The maximum Gasteiger partial charge on any atom is 0.326 e. The highest BCUT2D eigenvalue weighted by atomic mass is 16.4. The van der Waals surface area contributed by atoms with Gasteiger partial charge < -0.3 is 36.9 Å². The fraction of sp³-hybridized carbons (Fsp3) is 0.636. The number of aromatic amines is 1. The van der Waals surface area contributed by atoms with Gasteiger partial charge in [-0.15, -0.1) is 0 Å². The Morgan fingerprint density at radius 2 is 1.54 bits per heavy atom. The van der Waals surface area contributed by atoms with Gasteiger partial charge in [0, 0.05) is 18.3 Å². The lowest BCUT2D eigenvalue weighted by molar-refractivity contribution is -0.147. The highest BCUT2D eigenvalue weighted by molar-refractivity contribution is 5.94. The molecule has 1 aromatic heterocycles. The van der Waals surface area contributed by atoms with E-state index < -0.39 is 60.2 Å². The maximum absolute atomic E-state index is 13.2. The second kappa shape index (κ2) is 14.0. The van der Waals surface area contributed by atoms with Crippen LogP contribution >= 0.6 is 0 Å². The Bertz CT molecular complexity index is 874. The molecule has 0 aromatic carbocycles. The Balaban J connectivity index is 3.08. The van der Waals surface area contributed by atoms with Gasteiger partial charge in [0.15, 0.2) is 0 Å². The zero-order valence-electron chi connectivity index (χ0n) is 20.4. The van der Waals surface area contributed by atoms with Crippen LogP contribution in [0.15, 0.2) is 12.5 Å². The summed E-state index contributed by atoms with van der Waals surface area (Å²) in [5.41, 5.74) is 6.56. The summed E-state index contributed by atoms with van der Waals surface area (Å²) >= 11 is 0. The van der Waals surface area contributed by atoms with Gasteiger partial charge in [-0.1, -0.05) is 34.1 Å². The highest BCUT2D eigenvalue weighted by Gasteiger charge is 2.32. The van der Waals surface area contributed by atoms with Gasteiger partial charge in [-0.3, -0.25) is 19.2 Å². The number of aromatic nitrogens is 2. The summed E-state index contributed by atoms with van der Waals surface area (Å²) in [7, 11) is 0. The summed E-state index contributed by atoms with van der Waals surface area (Å²) < 4.78 is 0.